The third-order valence-electron chi connectivity index (χ3n) is 4.29. The van der Waals surface area contributed by atoms with Gasteiger partial charge < -0.3 is 0 Å². The molecule has 0 aliphatic heterocycles. The third kappa shape index (κ3) is 1.39. The normalized spacial score (nSPS) is 21.6. The molecule has 1 aliphatic carbocycles. The summed E-state index contributed by atoms with van der Waals surface area (Å²) in [7, 11) is 1.90. The van der Waals surface area contributed by atoms with Gasteiger partial charge in [-0.1, -0.05) is 0 Å². The van der Waals surface area contributed by atoms with E-state index in [9.17, 15) is 4.39 Å². The number of aromatic nitrogens is 5. The molecule has 5 nitrogen and oxygen atoms in total. The Balaban J connectivity index is 2.02. The number of nitrogens with zero attached hydrogens (tertiary/aromatic N) is 5. The van der Waals surface area contributed by atoms with E-state index in [4.69, 9.17) is 0 Å². The van der Waals surface area contributed by atoms with Gasteiger partial charge in [0.2, 0.25) is 5.95 Å². The molecule has 1 unspecified atom stereocenters. The van der Waals surface area contributed by atoms with Gasteiger partial charge in [0.25, 0.3) is 0 Å². The maximum absolute atomic E-state index is 13.5. The zero-order chi connectivity index (χ0) is 13.9. The van der Waals surface area contributed by atoms with Gasteiger partial charge in [0.15, 0.2) is 5.65 Å². The second-order valence-electron chi connectivity index (χ2n) is 5.60. The van der Waals surface area contributed by atoms with Crippen molar-refractivity contribution in [2.75, 3.05) is 0 Å². The van der Waals surface area contributed by atoms with E-state index in [0.717, 1.165) is 29.7 Å². The highest BCUT2D eigenvalue weighted by atomic mass is 19.1. The third-order valence-corrected chi connectivity index (χ3v) is 4.29. The van der Waals surface area contributed by atoms with Crippen LogP contribution in [0.1, 0.15) is 30.2 Å². The molecule has 0 radical (unpaired) electrons. The van der Waals surface area contributed by atoms with E-state index in [0.29, 0.717) is 5.65 Å². The molecule has 0 fully saturated rings. The number of hydrogen-bond acceptors (Lipinski definition) is 3. The smallest absolute Gasteiger partial charge is 0.235 e. The average Bonchev–Trinajstić information content (AvgIpc) is 3.07. The molecule has 1 aliphatic rings. The molecule has 102 valence electrons. The zero-order valence-electron chi connectivity index (χ0n) is 11.3. The van der Waals surface area contributed by atoms with Crippen molar-refractivity contribution in [3.05, 3.63) is 47.4 Å². The zero-order valence-corrected chi connectivity index (χ0v) is 11.3. The molecular weight excluding hydrogens is 257 g/mol. The van der Waals surface area contributed by atoms with Crippen molar-refractivity contribution in [2.24, 2.45) is 7.05 Å². The molecule has 1 atom stereocenters. The summed E-state index contributed by atoms with van der Waals surface area (Å²) >= 11 is 0. The van der Waals surface area contributed by atoms with Crippen molar-refractivity contribution in [2.45, 2.75) is 25.2 Å². The van der Waals surface area contributed by atoms with Gasteiger partial charge in [0.1, 0.15) is 0 Å². The standard InChI is InChI=1S/C14H14FN5/c1-14(10-7-17-19(2)8-10)4-3-9-6-16-12-5-11(15)18-20(12)13(9)14/h5-8H,3-4H2,1-2H3. The Morgan fingerprint density at radius 1 is 1.35 bits per heavy atom. The first kappa shape index (κ1) is 11.6. The molecule has 0 aromatic carbocycles. The molecular formula is C14H14FN5. The summed E-state index contributed by atoms with van der Waals surface area (Å²) in [5, 5.41) is 8.23. The van der Waals surface area contributed by atoms with E-state index in [-0.39, 0.29) is 5.41 Å². The lowest BCUT2D eigenvalue weighted by Crippen LogP contribution is -2.23. The monoisotopic (exact) mass is 271 g/mol. The van der Waals surface area contributed by atoms with Crippen LogP contribution in [-0.2, 0) is 18.9 Å². The van der Waals surface area contributed by atoms with E-state index in [1.165, 1.54) is 6.07 Å². The van der Waals surface area contributed by atoms with Crippen LogP contribution in [0.15, 0.2) is 24.7 Å². The quantitative estimate of drug-likeness (QED) is 0.678. The van der Waals surface area contributed by atoms with Crippen LogP contribution in [0.5, 0.6) is 0 Å². The summed E-state index contributed by atoms with van der Waals surface area (Å²) in [6.07, 6.45) is 7.61. The van der Waals surface area contributed by atoms with Crippen molar-refractivity contribution in [1.82, 2.24) is 24.4 Å². The van der Waals surface area contributed by atoms with Gasteiger partial charge in [0, 0.05) is 36.5 Å². The van der Waals surface area contributed by atoms with Crippen LogP contribution in [0.25, 0.3) is 5.65 Å². The van der Waals surface area contributed by atoms with Gasteiger partial charge in [-0.05, 0) is 25.3 Å². The fourth-order valence-corrected chi connectivity index (χ4v) is 3.20. The van der Waals surface area contributed by atoms with Crippen LogP contribution in [0.3, 0.4) is 0 Å². The first-order valence-corrected chi connectivity index (χ1v) is 6.61. The molecule has 20 heavy (non-hydrogen) atoms. The highest BCUT2D eigenvalue weighted by molar-refractivity contribution is 5.48. The van der Waals surface area contributed by atoms with Gasteiger partial charge in [0.05, 0.1) is 11.9 Å². The number of aryl methyl sites for hydroxylation is 2. The number of halogens is 1. The Labute approximate surface area is 115 Å². The fraction of sp³-hybridized carbons (Fsp3) is 0.357. The molecule has 0 spiro atoms. The highest BCUT2D eigenvalue weighted by Crippen LogP contribution is 2.43. The molecule has 3 heterocycles. The minimum absolute atomic E-state index is 0.205. The minimum atomic E-state index is -0.494. The molecule has 4 rings (SSSR count). The Morgan fingerprint density at radius 3 is 2.95 bits per heavy atom. The van der Waals surface area contributed by atoms with Crippen LogP contribution in [0.4, 0.5) is 4.39 Å². The van der Waals surface area contributed by atoms with Crippen LogP contribution < -0.4 is 0 Å². The summed E-state index contributed by atoms with van der Waals surface area (Å²) in [6.45, 7) is 2.16. The topological polar surface area (TPSA) is 48.0 Å². The van der Waals surface area contributed by atoms with Gasteiger partial charge in [-0.15, -0.1) is 5.10 Å². The molecule has 3 aromatic heterocycles. The molecule has 0 bridgehead atoms. The molecule has 0 N–H and O–H groups in total. The number of hydrogen-bond donors (Lipinski definition) is 0. The summed E-state index contributed by atoms with van der Waals surface area (Å²) < 4.78 is 16.9. The van der Waals surface area contributed by atoms with E-state index in [1.54, 1.807) is 9.20 Å². The number of fused-ring (bicyclic) bond motifs is 3. The number of rotatable bonds is 1. The molecule has 0 saturated carbocycles. The van der Waals surface area contributed by atoms with E-state index >= 15 is 0 Å². The highest BCUT2D eigenvalue weighted by Gasteiger charge is 2.40. The van der Waals surface area contributed by atoms with Crippen molar-refractivity contribution < 1.29 is 4.39 Å². The first-order chi connectivity index (χ1) is 9.58. The summed E-state index contributed by atoms with van der Waals surface area (Å²) in [6, 6.07) is 1.36. The largest absolute Gasteiger partial charge is 0.276 e. The van der Waals surface area contributed by atoms with E-state index in [1.807, 2.05) is 25.6 Å². The van der Waals surface area contributed by atoms with E-state index in [2.05, 4.69) is 22.1 Å². The SMILES string of the molecule is Cn1cc(C2(C)CCc3cnc4cc(F)nn4c32)cn1. The minimum Gasteiger partial charge on any atom is -0.276 e. The predicted molar refractivity (Wildman–Crippen MR) is 70.9 cm³/mol. The fourth-order valence-electron chi connectivity index (χ4n) is 3.20. The van der Waals surface area contributed by atoms with Gasteiger partial charge >= 0.3 is 0 Å². The van der Waals surface area contributed by atoms with Crippen molar-refractivity contribution in [3.8, 4) is 0 Å². The predicted octanol–water partition coefficient (Wildman–Crippen LogP) is 1.85. The maximum Gasteiger partial charge on any atom is 0.235 e. The second kappa shape index (κ2) is 3.65. The first-order valence-electron chi connectivity index (χ1n) is 6.61. The second-order valence-corrected chi connectivity index (χ2v) is 5.60. The molecule has 0 saturated heterocycles. The Bertz CT molecular complexity index is 818. The summed E-state index contributed by atoms with van der Waals surface area (Å²) in [4.78, 5) is 4.28. The molecule has 6 heteroatoms. The molecule has 0 amide bonds. The van der Waals surface area contributed by atoms with Gasteiger partial charge in [-0.3, -0.25) is 4.68 Å². The Morgan fingerprint density at radius 2 is 2.20 bits per heavy atom. The lowest BCUT2D eigenvalue weighted by atomic mass is 9.82. The average molecular weight is 271 g/mol. The Kier molecular flexibility index (Phi) is 2.11. The summed E-state index contributed by atoms with van der Waals surface area (Å²) in [5.74, 6) is -0.494. The van der Waals surface area contributed by atoms with Crippen molar-refractivity contribution in [3.63, 3.8) is 0 Å². The van der Waals surface area contributed by atoms with Crippen LogP contribution in [-0.4, -0.2) is 24.4 Å². The van der Waals surface area contributed by atoms with Gasteiger partial charge in [-0.2, -0.15) is 9.49 Å². The van der Waals surface area contributed by atoms with Crippen LogP contribution >= 0.6 is 0 Å². The Hall–Kier alpha value is -2.24. The van der Waals surface area contributed by atoms with Crippen molar-refractivity contribution in [1.29, 1.82) is 0 Å². The lowest BCUT2D eigenvalue weighted by molar-refractivity contribution is 0.520. The van der Waals surface area contributed by atoms with Crippen LogP contribution in [0.2, 0.25) is 0 Å². The lowest BCUT2D eigenvalue weighted by Gasteiger charge is -2.24. The maximum atomic E-state index is 13.5. The van der Waals surface area contributed by atoms with Gasteiger partial charge in [-0.25, -0.2) is 9.50 Å². The van der Waals surface area contributed by atoms with Crippen molar-refractivity contribution >= 4 is 5.65 Å². The molecule has 3 aromatic rings. The summed E-state index contributed by atoms with van der Waals surface area (Å²) in [5.41, 5.74) is 3.63. The van der Waals surface area contributed by atoms with E-state index < -0.39 is 5.95 Å². The van der Waals surface area contributed by atoms with Crippen LogP contribution in [0, 0.1) is 5.95 Å².